The third kappa shape index (κ3) is 3.75. The SMILES string of the molecule is CC(C)([C]=O)Oc1ccccc1N=Nc1ccccc1. The van der Waals surface area contributed by atoms with Crippen LogP contribution in [0.2, 0.25) is 0 Å². The fourth-order valence-corrected chi connectivity index (χ4v) is 1.53. The van der Waals surface area contributed by atoms with Gasteiger partial charge in [0.15, 0.2) is 5.60 Å². The van der Waals surface area contributed by atoms with E-state index in [-0.39, 0.29) is 0 Å². The molecule has 101 valence electrons. The fraction of sp³-hybridized carbons (Fsp3) is 0.188. The number of carbonyl (C=O) groups excluding carboxylic acids is 1. The Labute approximate surface area is 118 Å². The highest BCUT2D eigenvalue weighted by Crippen LogP contribution is 2.31. The highest BCUT2D eigenvalue weighted by molar-refractivity contribution is 5.64. The monoisotopic (exact) mass is 267 g/mol. The molecule has 0 aliphatic carbocycles. The lowest BCUT2D eigenvalue weighted by Gasteiger charge is -2.19. The first-order valence-electron chi connectivity index (χ1n) is 6.25. The van der Waals surface area contributed by atoms with E-state index in [2.05, 4.69) is 10.2 Å². The van der Waals surface area contributed by atoms with Crippen LogP contribution < -0.4 is 4.74 Å². The number of rotatable bonds is 5. The Morgan fingerprint density at radius 1 is 0.950 bits per heavy atom. The highest BCUT2D eigenvalue weighted by Gasteiger charge is 2.21. The van der Waals surface area contributed by atoms with Crippen molar-refractivity contribution >= 4 is 17.7 Å². The van der Waals surface area contributed by atoms with Gasteiger partial charge in [0.05, 0.1) is 5.69 Å². The maximum atomic E-state index is 10.8. The van der Waals surface area contributed by atoms with E-state index in [9.17, 15) is 4.79 Å². The van der Waals surface area contributed by atoms with Crippen LogP contribution in [0.1, 0.15) is 13.8 Å². The topological polar surface area (TPSA) is 51.0 Å². The molecule has 0 saturated heterocycles. The second kappa shape index (κ2) is 6.10. The summed E-state index contributed by atoms with van der Waals surface area (Å²) >= 11 is 0. The highest BCUT2D eigenvalue weighted by atomic mass is 16.5. The average Bonchev–Trinajstić information content (AvgIpc) is 2.47. The van der Waals surface area contributed by atoms with Crippen LogP contribution in [0.25, 0.3) is 0 Å². The number of nitrogens with zero attached hydrogens (tertiary/aromatic N) is 2. The summed E-state index contributed by atoms with van der Waals surface area (Å²) < 4.78 is 5.59. The van der Waals surface area contributed by atoms with Gasteiger partial charge < -0.3 is 4.74 Å². The number of hydrogen-bond acceptors (Lipinski definition) is 4. The van der Waals surface area contributed by atoms with Crippen molar-refractivity contribution in [3.05, 3.63) is 54.6 Å². The van der Waals surface area contributed by atoms with Crippen molar-refractivity contribution in [1.29, 1.82) is 0 Å². The van der Waals surface area contributed by atoms with Crippen LogP contribution in [-0.2, 0) is 4.79 Å². The number of benzene rings is 2. The first-order chi connectivity index (χ1) is 9.61. The molecule has 2 aromatic rings. The third-order valence-corrected chi connectivity index (χ3v) is 2.51. The van der Waals surface area contributed by atoms with Gasteiger partial charge in [0.1, 0.15) is 11.4 Å². The molecule has 0 aromatic heterocycles. The van der Waals surface area contributed by atoms with Crippen LogP contribution in [0.4, 0.5) is 11.4 Å². The fourth-order valence-electron chi connectivity index (χ4n) is 1.53. The van der Waals surface area contributed by atoms with Crippen molar-refractivity contribution in [2.75, 3.05) is 0 Å². The molecule has 1 radical (unpaired) electrons. The quantitative estimate of drug-likeness (QED) is 0.755. The van der Waals surface area contributed by atoms with Crippen molar-refractivity contribution in [2.24, 2.45) is 10.2 Å². The van der Waals surface area contributed by atoms with Gasteiger partial charge in [-0.1, -0.05) is 30.3 Å². The Hall–Kier alpha value is -2.49. The van der Waals surface area contributed by atoms with Gasteiger partial charge in [-0.25, -0.2) is 0 Å². The minimum atomic E-state index is -1.02. The smallest absolute Gasteiger partial charge is 0.245 e. The Bertz CT molecular complexity index is 607. The van der Waals surface area contributed by atoms with E-state index in [1.54, 1.807) is 26.0 Å². The van der Waals surface area contributed by atoms with Crippen LogP contribution in [0, 0.1) is 0 Å². The number of hydrogen-bond donors (Lipinski definition) is 0. The predicted molar refractivity (Wildman–Crippen MR) is 77.5 cm³/mol. The molecular weight excluding hydrogens is 252 g/mol. The van der Waals surface area contributed by atoms with Gasteiger partial charge in [-0.15, -0.1) is 5.11 Å². The van der Waals surface area contributed by atoms with Crippen molar-refractivity contribution < 1.29 is 9.53 Å². The summed E-state index contributed by atoms with van der Waals surface area (Å²) in [5.74, 6) is 0.500. The minimum Gasteiger partial charge on any atom is -0.477 e. The zero-order valence-corrected chi connectivity index (χ0v) is 11.4. The van der Waals surface area contributed by atoms with Crippen LogP contribution in [0.5, 0.6) is 5.75 Å². The molecule has 0 unspecified atom stereocenters. The Balaban J connectivity index is 2.24. The number of azo groups is 1. The van der Waals surface area contributed by atoms with E-state index >= 15 is 0 Å². The van der Waals surface area contributed by atoms with Crippen molar-refractivity contribution in [3.63, 3.8) is 0 Å². The summed E-state index contributed by atoms with van der Waals surface area (Å²) in [6.07, 6.45) is 1.85. The standard InChI is InChI=1S/C16H15N2O2/c1-16(2,12-19)20-15-11-7-6-10-14(15)18-17-13-8-4-3-5-9-13/h3-11H,1-2H3. The van der Waals surface area contributed by atoms with Crippen LogP contribution in [0.15, 0.2) is 64.8 Å². The van der Waals surface area contributed by atoms with Crippen LogP contribution >= 0.6 is 0 Å². The maximum absolute atomic E-state index is 10.8. The van der Waals surface area contributed by atoms with Crippen molar-refractivity contribution in [2.45, 2.75) is 19.4 Å². The first-order valence-corrected chi connectivity index (χ1v) is 6.25. The molecule has 0 spiro atoms. The van der Waals surface area contributed by atoms with Gasteiger partial charge in [-0.2, -0.15) is 5.11 Å². The first kappa shape index (κ1) is 13.9. The normalized spacial score (nSPS) is 11.5. The van der Waals surface area contributed by atoms with Gasteiger partial charge in [-0.05, 0) is 38.1 Å². The lowest BCUT2D eigenvalue weighted by molar-refractivity contribution is 0.177. The molecular formula is C16H15N2O2. The van der Waals surface area contributed by atoms with Gasteiger partial charge >= 0.3 is 0 Å². The molecule has 0 N–H and O–H groups in total. The van der Waals surface area contributed by atoms with Crippen molar-refractivity contribution in [3.8, 4) is 5.75 Å². The molecule has 20 heavy (non-hydrogen) atoms. The summed E-state index contributed by atoms with van der Waals surface area (Å²) in [6, 6.07) is 16.6. The van der Waals surface area contributed by atoms with E-state index in [1.165, 1.54) is 0 Å². The molecule has 0 saturated carbocycles. The molecule has 0 aliphatic heterocycles. The number of ether oxygens (including phenoxy) is 1. The molecule has 2 rings (SSSR count). The molecule has 0 atom stereocenters. The molecule has 0 heterocycles. The molecule has 0 bridgehead atoms. The molecule has 2 aromatic carbocycles. The van der Waals surface area contributed by atoms with Gasteiger partial charge in [0.25, 0.3) is 0 Å². The lowest BCUT2D eigenvalue weighted by Crippen LogP contribution is -2.29. The summed E-state index contributed by atoms with van der Waals surface area (Å²) in [5.41, 5.74) is 0.307. The zero-order valence-electron chi connectivity index (χ0n) is 11.4. The van der Waals surface area contributed by atoms with Gasteiger partial charge in [0.2, 0.25) is 6.29 Å². The molecule has 0 fully saturated rings. The molecule has 0 aliphatic rings. The van der Waals surface area contributed by atoms with E-state index in [4.69, 9.17) is 4.74 Å². The molecule has 4 heteroatoms. The molecule has 0 amide bonds. The summed E-state index contributed by atoms with van der Waals surface area (Å²) in [7, 11) is 0. The van der Waals surface area contributed by atoms with E-state index in [1.807, 2.05) is 48.8 Å². The van der Waals surface area contributed by atoms with E-state index in [0.29, 0.717) is 11.4 Å². The largest absolute Gasteiger partial charge is 0.477 e. The summed E-state index contributed by atoms with van der Waals surface area (Å²) in [6.45, 7) is 3.29. The Kier molecular flexibility index (Phi) is 4.25. The van der Waals surface area contributed by atoms with Gasteiger partial charge in [-0.3, -0.25) is 4.79 Å². The van der Waals surface area contributed by atoms with Crippen molar-refractivity contribution in [1.82, 2.24) is 0 Å². The summed E-state index contributed by atoms with van der Waals surface area (Å²) in [4.78, 5) is 10.8. The Morgan fingerprint density at radius 3 is 2.30 bits per heavy atom. The van der Waals surface area contributed by atoms with Gasteiger partial charge in [0, 0.05) is 0 Å². The van der Waals surface area contributed by atoms with E-state index in [0.717, 1.165) is 5.69 Å². The molecule has 4 nitrogen and oxygen atoms in total. The maximum Gasteiger partial charge on any atom is 0.245 e. The predicted octanol–water partition coefficient (Wildman–Crippen LogP) is 4.37. The second-order valence-electron chi connectivity index (χ2n) is 4.72. The lowest BCUT2D eigenvalue weighted by atomic mass is 10.1. The Morgan fingerprint density at radius 2 is 1.60 bits per heavy atom. The average molecular weight is 267 g/mol. The number of para-hydroxylation sites is 1. The third-order valence-electron chi connectivity index (χ3n) is 2.51. The van der Waals surface area contributed by atoms with E-state index < -0.39 is 5.60 Å². The zero-order chi connectivity index (χ0) is 14.4. The van der Waals surface area contributed by atoms with Crippen LogP contribution in [0.3, 0.4) is 0 Å². The minimum absolute atomic E-state index is 0.500. The second-order valence-corrected chi connectivity index (χ2v) is 4.72. The van der Waals surface area contributed by atoms with Crippen LogP contribution in [-0.4, -0.2) is 11.9 Å². The summed E-state index contributed by atoms with van der Waals surface area (Å²) in [5, 5.41) is 8.30.